The number of Topliss-reactive ketones (excluding diaryl/α,β-unsaturated/α-hetero) is 1. The third-order valence-corrected chi connectivity index (χ3v) is 4.95. The van der Waals surface area contributed by atoms with E-state index in [1.807, 2.05) is 13.8 Å². The van der Waals surface area contributed by atoms with Crippen LogP contribution in [0.1, 0.15) is 58.8 Å². The van der Waals surface area contributed by atoms with Gasteiger partial charge in [-0.05, 0) is 12.8 Å². The standard InChI is InChI=1S/C25H49NO8/c1-23(2)24(27)22-34-21-20-33-19-18-32-17-16-31-15-14-30-13-11-26-25(28)10-8-6-4-5-7-9-12-29-3/h23H,4-22H2,1-3H3,(H,26,28). The molecule has 0 spiro atoms. The minimum absolute atomic E-state index is 0.00225. The van der Waals surface area contributed by atoms with E-state index in [0.717, 1.165) is 25.9 Å². The lowest BCUT2D eigenvalue weighted by Gasteiger charge is -2.09. The van der Waals surface area contributed by atoms with E-state index < -0.39 is 0 Å². The van der Waals surface area contributed by atoms with Gasteiger partial charge in [0.05, 0.1) is 59.5 Å². The molecule has 0 saturated carbocycles. The molecule has 0 aliphatic carbocycles. The fraction of sp³-hybridized carbons (Fsp3) is 0.920. The summed E-state index contributed by atoms with van der Waals surface area (Å²) >= 11 is 0. The second kappa shape index (κ2) is 26.5. The Morgan fingerprint density at radius 1 is 0.618 bits per heavy atom. The van der Waals surface area contributed by atoms with Gasteiger partial charge in [0, 0.05) is 32.6 Å². The Kier molecular flexibility index (Phi) is 25.6. The van der Waals surface area contributed by atoms with E-state index >= 15 is 0 Å². The second-order valence-corrected chi connectivity index (χ2v) is 8.34. The van der Waals surface area contributed by atoms with Gasteiger partial charge < -0.3 is 33.7 Å². The molecular formula is C25H49NO8. The highest BCUT2D eigenvalue weighted by Crippen LogP contribution is 2.07. The van der Waals surface area contributed by atoms with Crippen molar-refractivity contribution in [3.05, 3.63) is 0 Å². The van der Waals surface area contributed by atoms with Crippen LogP contribution in [-0.4, -0.2) is 98.0 Å². The van der Waals surface area contributed by atoms with E-state index in [1.54, 1.807) is 7.11 Å². The topological polar surface area (TPSA) is 102 Å². The molecule has 1 amide bonds. The van der Waals surface area contributed by atoms with Gasteiger partial charge >= 0.3 is 0 Å². The molecule has 1 N–H and O–H groups in total. The number of ketones is 1. The first-order valence-corrected chi connectivity index (χ1v) is 12.7. The summed E-state index contributed by atoms with van der Waals surface area (Å²) in [5, 5.41) is 2.88. The molecule has 0 saturated heterocycles. The van der Waals surface area contributed by atoms with Crippen LogP contribution in [0.4, 0.5) is 0 Å². The summed E-state index contributed by atoms with van der Waals surface area (Å²) in [5.74, 6) is 0.193. The Balaban J connectivity index is 3.17. The Hall–Kier alpha value is -1.10. The van der Waals surface area contributed by atoms with Crippen LogP contribution in [0.5, 0.6) is 0 Å². The zero-order valence-corrected chi connectivity index (χ0v) is 21.8. The quantitative estimate of drug-likeness (QED) is 0.175. The maximum absolute atomic E-state index is 11.8. The first kappa shape index (κ1) is 32.9. The zero-order valence-electron chi connectivity index (χ0n) is 21.8. The lowest BCUT2D eigenvalue weighted by atomic mass is 10.1. The summed E-state index contributed by atoms with van der Waals surface area (Å²) in [7, 11) is 1.73. The SMILES string of the molecule is COCCCCCCCCC(=O)NCCOCCOCCOCCOCCOCC(=O)C(C)C. The van der Waals surface area contributed by atoms with Crippen molar-refractivity contribution in [2.75, 3.05) is 86.3 Å². The van der Waals surface area contributed by atoms with Crippen LogP contribution in [0.2, 0.25) is 0 Å². The van der Waals surface area contributed by atoms with Crippen molar-refractivity contribution < 1.29 is 38.0 Å². The molecule has 0 aromatic rings. The maximum atomic E-state index is 11.8. The van der Waals surface area contributed by atoms with Crippen molar-refractivity contribution in [1.29, 1.82) is 0 Å². The molecule has 0 fully saturated rings. The number of methoxy groups -OCH3 is 1. The number of carbonyl (C=O) groups excluding carboxylic acids is 2. The number of nitrogens with one attached hydrogen (secondary N) is 1. The summed E-state index contributed by atoms with van der Waals surface area (Å²) < 4.78 is 31.9. The number of hydrogen-bond donors (Lipinski definition) is 1. The molecule has 9 heteroatoms. The number of carbonyl (C=O) groups is 2. The number of hydrogen-bond acceptors (Lipinski definition) is 8. The van der Waals surface area contributed by atoms with Crippen LogP contribution in [-0.2, 0) is 38.0 Å². The minimum Gasteiger partial charge on any atom is -0.385 e. The van der Waals surface area contributed by atoms with Crippen molar-refractivity contribution >= 4 is 11.7 Å². The molecule has 0 aliphatic rings. The summed E-state index contributed by atoms with van der Waals surface area (Å²) in [5.41, 5.74) is 0. The van der Waals surface area contributed by atoms with Crippen molar-refractivity contribution in [1.82, 2.24) is 5.32 Å². The Morgan fingerprint density at radius 2 is 1.09 bits per heavy atom. The molecule has 0 atom stereocenters. The molecule has 0 heterocycles. The van der Waals surface area contributed by atoms with Gasteiger partial charge in [0.1, 0.15) is 6.61 Å². The molecule has 0 aromatic carbocycles. The van der Waals surface area contributed by atoms with E-state index in [9.17, 15) is 9.59 Å². The highest BCUT2D eigenvalue weighted by atomic mass is 16.6. The van der Waals surface area contributed by atoms with Gasteiger partial charge in [0.15, 0.2) is 5.78 Å². The summed E-state index contributed by atoms with van der Waals surface area (Å²) in [4.78, 5) is 23.1. The average Bonchev–Trinajstić information content (AvgIpc) is 2.82. The molecule has 202 valence electrons. The summed E-state index contributed by atoms with van der Waals surface area (Å²) in [6.45, 7) is 9.47. The molecule has 0 radical (unpaired) electrons. The van der Waals surface area contributed by atoms with Crippen LogP contribution in [0, 0.1) is 5.92 Å². The van der Waals surface area contributed by atoms with Crippen molar-refractivity contribution in [3.8, 4) is 0 Å². The van der Waals surface area contributed by atoms with E-state index in [2.05, 4.69) is 5.32 Å². The molecule has 9 nitrogen and oxygen atoms in total. The number of amides is 1. The number of unbranched alkanes of at least 4 members (excludes halogenated alkanes) is 5. The Bertz CT molecular complexity index is 462. The fourth-order valence-corrected chi connectivity index (χ4v) is 2.81. The lowest BCUT2D eigenvalue weighted by molar-refractivity contribution is -0.127. The largest absolute Gasteiger partial charge is 0.385 e. The van der Waals surface area contributed by atoms with Crippen molar-refractivity contribution in [3.63, 3.8) is 0 Å². The normalized spacial score (nSPS) is 11.3. The molecular weight excluding hydrogens is 442 g/mol. The first-order valence-electron chi connectivity index (χ1n) is 12.7. The van der Waals surface area contributed by atoms with Crippen molar-refractivity contribution in [2.24, 2.45) is 5.92 Å². The van der Waals surface area contributed by atoms with Crippen LogP contribution >= 0.6 is 0 Å². The minimum atomic E-state index is 0.00225. The highest BCUT2D eigenvalue weighted by Gasteiger charge is 2.06. The number of rotatable bonds is 27. The highest BCUT2D eigenvalue weighted by molar-refractivity contribution is 5.81. The second-order valence-electron chi connectivity index (χ2n) is 8.34. The molecule has 0 aromatic heterocycles. The lowest BCUT2D eigenvalue weighted by Crippen LogP contribution is -2.27. The molecule has 34 heavy (non-hydrogen) atoms. The smallest absolute Gasteiger partial charge is 0.220 e. The van der Waals surface area contributed by atoms with Crippen molar-refractivity contribution in [2.45, 2.75) is 58.8 Å². The monoisotopic (exact) mass is 491 g/mol. The van der Waals surface area contributed by atoms with Gasteiger partial charge in [0.25, 0.3) is 0 Å². The van der Waals surface area contributed by atoms with E-state index in [4.69, 9.17) is 28.4 Å². The van der Waals surface area contributed by atoms with E-state index in [1.165, 1.54) is 19.3 Å². The van der Waals surface area contributed by atoms with Gasteiger partial charge in [-0.3, -0.25) is 9.59 Å². The average molecular weight is 492 g/mol. The van der Waals surface area contributed by atoms with E-state index in [-0.39, 0.29) is 24.2 Å². The van der Waals surface area contributed by atoms with Gasteiger partial charge in [-0.15, -0.1) is 0 Å². The van der Waals surface area contributed by atoms with Gasteiger partial charge in [-0.25, -0.2) is 0 Å². The van der Waals surface area contributed by atoms with Crippen LogP contribution in [0.3, 0.4) is 0 Å². The molecule has 0 unspecified atom stereocenters. The summed E-state index contributed by atoms with van der Waals surface area (Å²) in [6, 6.07) is 0. The van der Waals surface area contributed by atoms with Gasteiger partial charge in [-0.1, -0.05) is 39.5 Å². The maximum Gasteiger partial charge on any atom is 0.220 e. The first-order chi connectivity index (χ1) is 16.6. The van der Waals surface area contributed by atoms with Crippen LogP contribution in [0.15, 0.2) is 0 Å². The van der Waals surface area contributed by atoms with Gasteiger partial charge in [0.2, 0.25) is 5.91 Å². The Morgan fingerprint density at radius 3 is 1.62 bits per heavy atom. The zero-order chi connectivity index (χ0) is 25.1. The third-order valence-electron chi connectivity index (χ3n) is 4.95. The fourth-order valence-electron chi connectivity index (χ4n) is 2.81. The third kappa shape index (κ3) is 25.5. The predicted octanol–water partition coefficient (Wildman–Crippen LogP) is 2.79. The molecule has 0 bridgehead atoms. The molecule has 0 aliphatic heterocycles. The van der Waals surface area contributed by atoms with Crippen LogP contribution < -0.4 is 5.32 Å². The molecule has 0 rings (SSSR count). The van der Waals surface area contributed by atoms with E-state index in [0.29, 0.717) is 72.4 Å². The van der Waals surface area contributed by atoms with Gasteiger partial charge in [-0.2, -0.15) is 0 Å². The number of ether oxygens (including phenoxy) is 6. The Labute approximate surface area is 206 Å². The summed E-state index contributed by atoms with van der Waals surface area (Å²) in [6.07, 6.45) is 7.32. The van der Waals surface area contributed by atoms with Crippen LogP contribution in [0.25, 0.3) is 0 Å². The predicted molar refractivity (Wildman–Crippen MR) is 131 cm³/mol.